The third-order valence-electron chi connectivity index (χ3n) is 3.92. The maximum atomic E-state index is 12.0. The van der Waals surface area contributed by atoms with E-state index in [1.165, 1.54) is 12.8 Å². The van der Waals surface area contributed by atoms with Crippen molar-refractivity contribution in [1.82, 2.24) is 10.0 Å². The molecule has 2 saturated heterocycles. The molecule has 106 valence electrons. The fraction of sp³-hybridized carbons (Fsp3) is 1.00. The lowest BCUT2D eigenvalue weighted by Gasteiger charge is -2.24. The molecular formula is C12H24N2O3S. The van der Waals surface area contributed by atoms with Crippen LogP contribution in [0.5, 0.6) is 0 Å². The van der Waals surface area contributed by atoms with Gasteiger partial charge < -0.3 is 10.1 Å². The molecule has 0 aromatic rings. The molecule has 6 heteroatoms. The molecule has 0 unspecified atom stereocenters. The van der Waals surface area contributed by atoms with Gasteiger partial charge in [0.05, 0.1) is 5.25 Å². The monoisotopic (exact) mass is 276 g/mol. The highest BCUT2D eigenvalue weighted by Gasteiger charge is 2.27. The number of piperidine rings is 1. The van der Waals surface area contributed by atoms with Crippen LogP contribution in [0.1, 0.15) is 32.1 Å². The van der Waals surface area contributed by atoms with E-state index in [-0.39, 0.29) is 5.25 Å². The number of hydrogen-bond donors (Lipinski definition) is 2. The molecule has 2 N–H and O–H groups in total. The van der Waals surface area contributed by atoms with Crippen LogP contribution in [0.15, 0.2) is 0 Å². The molecule has 5 nitrogen and oxygen atoms in total. The third kappa shape index (κ3) is 4.19. The van der Waals surface area contributed by atoms with E-state index < -0.39 is 10.0 Å². The van der Waals surface area contributed by atoms with Crippen LogP contribution >= 0.6 is 0 Å². The predicted molar refractivity (Wildman–Crippen MR) is 71.0 cm³/mol. The van der Waals surface area contributed by atoms with E-state index in [0.29, 0.717) is 38.5 Å². The zero-order valence-electron chi connectivity index (χ0n) is 10.9. The summed E-state index contributed by atoms with van der Waals surface area (Å²) < 4.78 is 32.1. The van der Waals surface area contributed by atoms with E-state index >= 15 is 0 Å². The highest BCUT2D eigenvalue weighted by molar-refractivity contribution is 7.90. The Morgan fingerprint density at radius 1 is 1.11 bits per heavy atom. The lowest BCUT2D eigenvalue weighted by Crippen LogP contribution is -2.39. The first-order valence-electron chi connectivity index (χ1n) is 6.95. The van der Waals surface area contributed by atoms with Gasteiger partial charge in [0, 0.05) is 19.8 Å². The number of rotatable bonds is 5. The molecule has 0 spiro atoms. The summed E-state index contributed by atoms with van der Waals surface area (Å²) in [7, 11) is -3.13. The molecule has 0 aromatic carbocycles. The van der Waals surface area contributed by atoms with Crippen LogP contribution in [0.25, 0.3) is 0 Å². The molecule has 2 aliphatic heterocycles. The summed E-state index contributed by atoms with van der Waals surface area (Å²) in [5, 5.41) is 3.07. The van der Waals surface area contributed by atoms with E-state index in [9.17, 15) is 8.42 Å². The van der Waals surface area contributed by atoms with Gasteiger partial charge in [0.25, 0.3) is 0 Å². The van der Waals surface area contributed by atoms with E-state index in [1.54, 1.807) is 0 Å². The van der Waals surface area contributed by atoms with Crippen LogP contribution in [0.3, 0.4) is 0 Å². The van der Waals surface area contributed by atoms with Gasteiger partial charge in [-0.3, -0.25) is 0 Å². The summed E-state index contributed by atoms with van der Waals surface area (Å²) in [6, 6.07) is 0. The lowest BCUT2D eigenvalue weighted by molar-refractivity contribution is 0.0981. The fourth-order valence-electron chi connectivity index (χ4n) is 2.68. The maximum Gasteiger partial charge on any atom is 0.214 e. The Bertz CT molecular complexity index is 333. The van der Waals surface area contributed by atoms with Crippen LogP contribution < -0.4 is 10.0 Å². The molecule has 0 aliphatic carbocycles. The quantitative estimate of drug-likeness (QED) is 0.766. The average Bonchev–Trinajstić information content (AvgIpc) is 2.41. The molecule has 0 amide bonds. The van der Waals surface area contributed by atoms with Crippen molar-refractivity contribution in [3.8, 4) is 0 Å². The zero-order chi connectivity index (χ0) is 12.8. The first kappa shape index (κ1) is 14.2. The molecular weight excluding hydrogens is 252 g/mol. The van der Waals surface area contributed by atoms with Crippen LogP contribution in [-0.2, 0) is 14.8 Å². The van der Waals surface area contributed by atoms with Gasteiger partial charge in [-0.25, -0.2) is 13.1 Å². The van der Waals surface area contributed by atoms with Crippen molar-refractivity contribution in [2.45, 2.75) is 37.4 Å². The molecule has 2 heterocycles. The molecule has 0 saturated carbocycles. The Morgan fingerprint density at radius 3 is 2.44 bits per heavy atom. The molecule has 18 heavy (non-hydrogen) atoms. The third-order valence-corrected chi connectivity index (χ3v) is 5.88. The van der Waals surface area contributed by atoms with Crippen molar-refractivity contribution in [2.75, 3.05) is 32.8 Å². The Hall–Kier alpha value is -0.170. The van der Waals surface area contributed by atoms with Gasteiger partial charge in [0.1, 0.15) is 0 Å². The average molecular weight is 276 g/mol. The van der Waals surface area contributed by atoms with Gasteiger partial charge >= 0.3 is 0 Å². The normalized spacial score (nSPS) is 24.2. The number of hydrogen-bond acceptors (Lipinski definition) is 4. The van der Waals surface area contributed by atoms with Crippen molar-refractivity contribution >= 4 is 10.0 Å². The smallest absolute Gasteiger partial charge is 0.214 e. The van der Waals surface area contributed by atoms with Gasteiger partial charge in [-0.1, -0.05) is 0 Å². The van der Waals surface area contributed by atoms with Gasteiger partial charge in [-0.05, 0) is 51.1 Å². The van der Waals surface area contributed by atoms with Crippen molar-refractivity contribution in [2.24, 2.45) is 5.92 Å². The van der Waals surface area contributed by atoms with E-state index in [4.69, 9.17) is 4.74 Å². The van der Waals surface area contributed by atoms with Gasteiger partial charge in [0.2, 0.25) is 10.0 Å². The second-order valence-electron chi connectivity index (χ2n) is 5.23. The van der Waals surface area contributed by atoms with Crippen molar-refractivity contribution in [3.63, 3.8) is 0 Å². The second-order valence-corrected chi connectivity index (χ2v) is 7.28. The fourth-order valence-corrected chi connectivity index (χ4v) is 4.13. The first-order chi connectivity index (χ1) is 8.68. The Kier molecular flexibility index (Phi) is 5.41. The Balaban J connectivity index is 1.70. The summed E-state index contributed by atoms with van der Waals surface area (Å²) >= 11 is 0. The minimum atomic E-state index is -3.13. The predicted octanol–water partition coefficient (Wildman–Crippen LogP) is 0.475. The number of sulfonamides is 1. The van der Waals surface area contributed by atoms with Gasteiger partial charge in [-0.2, -0.15) is 0 Å². The van der Waals surface area contributed by atoms with Crippen molar-refractivity contribution in [3.05, 3.63) is 0 Å². The minimum absolute atomic E-state index is 0.251. The molecule has 0 aromatic heterocycles. The van der Waals surface area contributed by atoms with Crippen molar-refractivity contribution < 1.29 is 13.2 Å². The van der Waals surface area contributed by atoms with Crippen molar-refractivity contribution in [1.29, 1.82) is 0 Å². The van der Waals surface area contributed by atoms with Crippen LogP contribution in [0.2, 0.25) is 0 Å². The largest absolute Gasteiger partial charge is 0.381 e. The zero-order valence-corrected chi connectivity index (χ0v) is 11.7. The van der Waals surface area contributed by atoms with Crippen LogP contribution in [-0.4, -0.2) is 46.5 Å². The lowest BCUT2D eigenvalue weighted by atomic mass is 9.95. The van der Waals surface area contributed by atoms with Gasteiger partial charge in [-0.15, -0.1) is 0 Å². The summed E-state index contributed by atoms with van der Waals surface area (Å²) in [5.74, 6) is 0.670. The molecule has 0 bridgehead atoms. The summed E-state index contributed by atoms with van der Waals surface area (Å²) in [6.07, 6.45) is 4.55. The molecule has 2 aliphatic rings. The highest BCUT2D eigenvalue weighted by atomic mass is 32.2. The van der Waals surface area contributed by atoms with Crippen LogP contribution in [0.4, 0.5) is 0 Å². The summed E-state index contributed by atoms with van der Waals surface area (Å²) in [4.78, 5) is 0. The summed E-state index contributed by atoms with van der Waals surface area (Å²) in [5.41, 5.74) is 0. The van der Waals surface area contributed by atoms with Gasteiger partial charge in [0.15, 0.2) is 0 Å². The molecule has 0 radical (unpaired) electrons. The first-order valence-corrected chi connectivity index (χ1v) is 8.50. The Labute approximate surface area is 110 Å². The SMILES string of the molecule is O=S(=O)(NCCC1CCNCC1)C1CCOCC1. The molecule has 0 atom stereocenters. The molecule has 2 fully saturated rings. The van der Waals surface area contributed by atoms with Crippen LogP contribution in [0, 0.1) is 5.92 Å². The van der Waals surface area contributed by atoms with E-state index in [2.05, 4.69) is 10.0 Å². The van der Waals surface area contributed by atoms with E-state index in [0.717, 1.165) is 19.5 Å². The maximum absolute atomic E-state index is 12.0. The minimum Gasteiger partial charge on any atom is -0.381 e. The topological polar surface area (TPSA) is 67.4 Å². The number of ether oxygens (including phenoxy) is 1. The second kappa shape index (κ2) is 6.84. The standard InChI is InChI=1S/C12H24N2O3S/c15-18(16,12-4-9-17-10-5-12)14-8-3-11-1-6-13-7-2-11/h11-14H,1-10H2. The summed E-state index contributed by atoms with van der Waals surface area (Å²) in [6.45, 7) is 3.86. The Morgan fingerprint density at radius 2 is 1.78 bits per heavy atom. The van der Waals surface area contributed by atoms with E-state index in [1.807, 2.05) is 0 Å². The molecule has 2 rings (SSSR count). The number of nitrogens with one attached hydrogen (secondary N) is 2. The highest BCUT2D eigenvalue weighted by Crippen LogP contribution is 2.17.